The lowest BCUT2D eigenvalue weighted by atomic mass is 10.1. The molecule has 0 heterocycles. The number of nitrogens with zero attached hydrogens (tertiary/aromatic N) is 2. The van der Waals surface area contributed by atoms with Gasteiger partial charge in [-0.1, -0.05) is 35.9 Å². The van der Waals surface area contributed by atoms with Crippen molar-refractivity contribution in [3.63, 3.8) is 0 Å². The number of carbonyl (C=O) groups is 1. The summed E-state index contributed by atoms with van der Waals surface area (Å²) in [7, 11) is 1.53. The number of carbonyl (C=O) groups excluding carboxylic acids is 1. The quantitative estimate of drug-likeness (QED) is 0.266. The molecule has 0 spiro atoms. The summed E-state index contributed by atoms with van der Waals surface area (Å²) in [6, 6.07) is 22.2. The van der Waals surface area contributed by atoms with E-state index in [1.807, 2.05) is 48.5 Å². The van der Waals surface area contributed by atoms with Crippen LogP contribution in [0.25, 0.3) is 6.08 Å². The summed E-state index contributed by atoms with van der Waals surface area (Å²) in [5, 5.41) is 13.0. The van der Waals surface area contributed by atoms with E-state index in [0.717, 1.165) is 24.3 Å². The molecule has 1 N–H and O–H groups in total. The molecule has 3 aromatic rings. The van der Waals surface area contributed by atoms with Crippen LogP contribution < -0.4 is 19.7 Å². The van der Waals surface area contributed by atoms with E-state index in [9.17, 15) is 10.1 Å². The summed E-state index contributed by atoms with van der Waals surface area (Å²) < 4.78 is 11.3. The Bertz CT molecular complexity index is 1230. The van der Waals surface area contributed by atoms with E-state index >= 15 is 0 Å². The molecule has 180 valence electrons. The van der Waals surface area contributed by atoms with E-state index in [1.165, 1.54) is 13.2 Å². The summed E-state index contributed by atoms with van der Waals surface area (Å²) in [5.74, 6) is 0.525. The van der Waals surface area contributed by atoms with Gasteiger partial charge in [-0.25, -0.2) is 0 Å². The van der Waals surface area contributed by atoms with E-state index in [-0.39, 0.29) is 12.2 Å². The number of rotatable bonds is 10. The van der Waals surface area contributed by atoms with Crippen molar-refractivity contribution in [1.29, 1.82) is 5.26 Å². The maximum Gasteiger partial charge on any atom is 0.266 e. The number of ether oxygens (including phenoxy) is 2. The fraction of sp³-hybridized carbons (Fsp3) is 0.214. The standard InChI is InChI=1S/C28H28ClN3O3/c1-4-32(5-2)24-13-11-23(12-14-24)31-28(33)22(18-30)16-20-10-15-26(27(17-20)34-3)35-19-21-8-6-7-9-25(21)29/h6-17H,4-5,19H2,1-3H3,(H,31,33)/b22-16-. The first-order valence-electron chi connectivity index (χ1n) is 11.3. The van der Waals surface area contributed by atoms with Crippen molar-refractivity contribution in [2.45, 2.75) is 20.5 Å². The SMILES string of the molecule is CCN(CC)c1ccc(NC(=O)/C(C#N)=C\c2ccc(OCc3ccccc3Cl)c(OC)c2)cc1. The maximum atomic E-state index is 12.7. The molecular weight excluding hydrogens is 462 g/mol. The summed E-state index contributed by atoms with van der Waals surface area (Å²) in [5.41, 5.74) is 3.16. The maximum absolute atomic E-state index is 12.7. The number of benzene rings is 3. The van der Waals surface area contributed by atoms with Crippen molar-refractivity contribution in [1.82, 2.24) is 0 Å². The highest BCUT2D eigenvalue weighted by Crippen LogP contribution is 2.30. The van der Waals surface area contributed by atoms with Crippen LogP contribution in [-0.4, -0.2) is 26.1 Å². The van der Waals surface area contributed by atoms with Gasteiger partial charge in [-0.2, -0.15) is 5.26 Å². The number of halogens is 1. The van der Waals surface area contributed by atoms with Crippen LogP contribution in [0.5, 0.6) is 11.5 Å². The molecule has 0 fully saturated rings. The number of hydrogen-bond donors (Lipinski definition) is 1. The van der Waals surface area contributed by atoms with E-state index < -0.39 is 5.91 Å². The van der Waals surface area contributed by atoms with Gasteiger partial charge in [0.25, 0.3) is 5.91 Å². The van der Waals surface area contributed by atoms with Crippen molar-refractivity contribution in [2.24, 2.45) is 0 Å². The Kier molecular flexibility index (Phi) is 9.16. The average molecular weight is 490 g/mol. The van der Waals surface area contributed by atoms with Crippen LogP contribution in [0.4, 0.5) is 11.4 Å². The molecule has 0 bridgehead atoms. The van der Waals surface area contributed by atoms with Crippen molar-refractivity contribution >= 4 is 35.0 Å². The normalized spacial score (nSPS) is 10.9. The molecule has 0 aliphatic rings. The molecule has 0 aromatic heterocycles. The highest BCUT2D eigenvalue weighted by molar-refractivity contribution is 6.31. The lowest BCUT2D eigenvalue weighted by Crippen LogP contribution is -2.21. The lowest BCUT2D eigenvalue weighted by Gasteiger charge is -2.21. The van der Waals surface area contributed by atoms with E-state index in [4.69, 9.17) is 21.1 Å². The van der Waals surface area contributed by atoms with E-state index in [1.54, 1.807) is 24.3 Å². The topological polar surface area (TPSA) is 74.6 Å². The van der Waals surface area contributed by atoms with Gasteiger partial charge in [-0.15, -0.1) is 0 Å². The van der Waals surface area contributed by atoms with Gasteiger partial charge in [0.2, 0.25) is 0 Å². The fourth-order valence-electron chi connectivity index (χ4n) is 3.52. The molecule has 0 saturated heterocycles. The summed E-state index contributed by atoms with van der Waals surface area (Å²) >= 11 is 6.20. The Morgan fingerprint density at radius 3 is 2.40 bits per heavy atom. The largest absolute Gasteiger partial charge is 0.493 e. The Morgan fingerprint density at radius 1 is 1.06 bits per heavy atom. The highest BCUT2D eigenvalue weighted by Gasteiger charge is 2.12. The molecule has 0 saturated carbocycles. The predicted octanol–water partition coefficient (Wildman–Crippen LogP) is 6.32. The van der Waals surface area contributed by atoms with Crippen molar-refractivity contribution < 1.29 is 14.3 Å². The smallest absolute Gasteiger partial charge is 0.266 e. The van der Waals surface area contributed by atoms with E-state index in [2.05, 4.69) is 24.1 Å². The molecule has 1 amide bonds. The molecule has 0 aliphatic carbocycles. The van der Waals surface area contributed by atoms with Gasteiger partial charge < -0.3 is 19.7 Å². The average Bonchev–Trinajstić information content (AvgIpc) is 2.88. The molecule has 0 aliphatic heterocycles. The molecule has 3 rings (SSSR count). The molecule has 0 atom stereocenters. The second kappa shape index (κ2) is 12.5. The highest BCUT2D eigenvalue weighted by atomic mass is 35.5. The van der Waals surface area contributed by atoms with Gasteiger partial charge >= 0.3 is 0 Å². The fourth-order valence-corrected chi connectivity index (χ4v) is 3.71. The number of methoxy groups -OCH3 is 1. The Hall–Kier alpha value is -3.95. The minimum atomic E-state index is -0.485. The number of anilines is 2. The van der Waals surface area contributed by atoms with Gasteiger partial charge in [0.05, 0.1) is 7.11 Å². The number of nitrogens with one attached hydrogen (secondary N) is 1. The molecule has 6 nitrogen and oxygen atoms in total. The lowest BCUT2D eigenvalue weighted by molar-refractivity contribution is -0.112. The minimum Gasteiger partial charge on any atom is -0.493 e. The van der Waals surface area contributed by atoms with Gasteiger partial charge in [-0.3, -0.25) is 4.79 Å². The zero-order valence-electron chi connectivity index (χ0n) is 20.0. The van der Waals surface area contributed by atoms with E-state index in [0.29, 0.717) is 27.8 Å². The van der Waals surface area contributed by atoms with Gasteiger partial charge in [-0.05, 0) is 68.0 Å². The molecule has 3 aromatic carbocycles. The van der Waals surface area contributed by atoms with Crippen molar-refractivity contribution in [2.75, 3.05) is 30.4 Å². The Labute approximate surface area is 211 Å². The molecule has 0 unspecified atom stereocenters. The number of hydrogen-bond acceptors (Lipinski definition) is 5. The summed E-state index contributed by atoms with van der Waals surface area (Å²) in [4.78, 5) is 14.9. The third-order valence-electron chi connectivity index (χ3n) is 5.46. The zero-order valence-corrected chi connectivity index (χ0v) is 20.8. The predicted molar refractivity (Wildman–Crippen MR) is 141 cm³/mol. The zero-order chi connectivity index (χ0) is 25.2. The van der Waals surface area contributed by atoms with Crippen LogP contribution in [-0.2, 0) is 11.4 Å². The first-order valence-corrected chi connectivity index (χ1v) is 11.7. The molecular formula is C28H28ClN3O3. The summed E-state index contributed by atoms with van der Waals surface area (Å²) in [6.45, 7) is 6.27. The summed E-state index contributed by atoms with van der Waals surface area (Å²) in [6.07, 6.45) is 1.51. The van der Waals surface area contributed by atoms with Crippen LogP contribution in [0.2, 0.25) is 5.02 Å². The first-order chi connectivity index (χ1) is 17.0. The number of amides is 1. The van der Waals surface area contributed by atoms with Crippen LogP contribution >= 0.6 is 11.6 Å². The van der Waals surface area contributed by atoms with Gasteiger partial charge in [0, 0.05) is 35.1 Å². The Morgan fingerprint density at radius 2 is 1.77 bits per heavy atom. The van der Waals surface area contributed by atoms with Crippen molar-refractivity contribution in [3.8, 4) is 17.6 Å². The second-order valence-electron chi connectivity index (χ2n) is 7.63. The molecule has 35 heavy (non-hydrogen) atoms. The molecule has 7 heteroatoms. The van der Waals surface area contributed by atoms with Gasteiger partial charge in [0.15, 0.2) is 11.5 Å². The minimum absolute atomic E-state index is 0.0235. The van der Waals surface area contributed by atoms with Crippen LogP contribution in [0.15, 0.2) is 72.3 Å². The van der Waals surface area contributed by atoms with Crippen molar-refractivity contribution in [3.05, 3.63) is 88.5 Å². The third kappa shape index (κ3) is 6.78. The number of nitriles is 1. The van der Waals surface area contributed by atoms with Gasteiger partial charge in [0.1, 0.15) is 18.2 Å². The van der Waals surface area contributed by atoms with Crippen LogP contribution in [0.1, 0.15) is 25.0 Å². The third-order valence-corrected chi connectivity index (χ3v) is 5.83. The monoisotopic (exact) mass is 489 g/mol. The van der Waals surface area contributed by atoms with Crippen LogP contribution in [0, 0.1) is 11.3 Å². The first kappa shape index (κ1) is 25.7. The molecule has 0 radical (unpaired) electrons. The second-order valence-corrected chi connectivity index (χ2v) is 8.04. The Balaban J connectivity index is 1.72. The van der Waals surface area contributed by atoms with Crippen LogP contribution in [0.3, 0.4) is 0 Å².